The molecule has 0 bridgehead atoms. The first-order valence-electron chi connectivity index (χ1n) is 5.60. The van der Waals surface area contributed by atoms with E-state index in [0.29, 0.717) is 0 Å². The number of hydrogen-bond acceptors (Lipinski definition) is 1. The van der Waals surface area contributed by atoms with Crippen molar-refractivity contribution in [3.05, 3.63) is 71.8 Å². The lowest BCUT2D eigenvalue weighted by Crippen LogP contribution is -1.89. The van der Waals surface area contributed by atoms with Crippen LogP contribution in [0, 0.1) is 0 Å². The molecule has 0 aliphatic rings. The van der Waals surface area contributed by atoms with Crippen molar-refractivity contribution in [2.75, 3.05) is 0 Å². The third kappa shape index (κ3) is 5.52. The Balaban J connectivity index is 0.000000437. The number of primary amides is 1. The van der Waals surface area contributed by atoms with E-state index in [-0.39, 0.29) is 6.41 Å². The van der Waals surface area contributed by atoms with Crippen molar-refractivity contribution < 1.29 is 4.79 Å². The fourth-order valence-corrected chi connectivity index (χ4v) is 1.58. The van der Waals surface area contributed by atoms with Gasteiger partial charge < -0.3 is 5.73 Å². The quantitative estimate of drug-likeness (QED) is 0.805. The number of nitrogens with two attached hydrogens (primary N) is 1. The normalized spacial score (nSPS) is 8.94. The second-order valence-electron chi connectivity index (χ2n) is 3.61. The van der Waals surface area contributed by atoms with E-state index >= 15 is 0 Å². The van der Waals surface area contributed by atoms with Gasteiger partial charge in [-0.2, -0.15) is 0 Å². The number of carbonyl (C=O) groups excluding carboxylic acids is 1. The molecule has 0 saturated carbocycles. The molecule has 0 aromatic heterocycles. The van der Waals surface area contributed by atoms with Crippen LogP contribution in [0.1, 0.15) is 11.1 Å². The van der Waals surface area contributed by atoms with Crippen LogP contribution in [0.15, 0.2) is 60.7 Å². The molecule has 88 valence electrons. The maximum atomic E-state index is 8.58. The topological polar surface area (TPSA) is 43.1 Å². The summed E-state index contributed by atoms with van der Waals surface area (Å²) in [5.74, 6) is 0. The van der Waals surface area contributed by atoms with Crippen LogP contribution >= 0.6 is 0 Å². The maximum absolute atomic E-state index is 8.58. The van der Waals surface area contributed by atoms with Gasteiger partial charge in [-0.05, 0) is 24.0 Å². The van der Waals surface area contributed by atoms with Gasteiger partial charge in [-0.1, -0.05) is 60.7 Å². The molecule has 0 unspecified atom stereocenters. The molecular weight excluding hydrogens is 210 g/mol. The Labute approximate surface area is 102 Å². The fourth-order valence-electron chi connectivity index (χ4n) is 1.58. The Bertz CT molecular complexity index is 372. The summed E-state index contributed by atoms with van der Waals surface area (Å²) < 4.78 is 0. The van der Waals surface area contributed by atoms with E-state index in [2.05, 4.69) is 66.4 Å². The van der Waals surface area contributed by atoms with E-state index in [9.17, 15) is 0 Å². The molecule has 1 amide bonds. The maximum Gasteiger partial charge on any atom is 0.204 e. The lowest BCUT2D eigenvalue weighted by atomic mass is 10.0. The zero-order valence-corrected chi connectivity index (χ0v) is 9.75. The zero-order chi connectivity index (χ0) is 12.3. The summed E-state index contributed by atoms with van der Waals surface area (Å²) in [4.78, 5) is 8.58. The summed E-state index contributed by atoms with van der Waals surface area (Å²) >= 11 is 0. The summed E-state index contributed by atoms with van der Waals surface area (Å²) in [6.07, 6.45) is 2.51. The van der Waals surface area contributed by atoms with E-state index in [0.717, 1.165) is 12.8 Å². The van der Waals surface area contributed by atoms with Crippen LogP contribution < -0.4 is 5.73 Å². The number of rotatable bonds is 3. The van der Waals surface area contributed by atoms with Crippen LogP contribution in [0.3, 0.4) is 0 Å². The van der Waals surface area contributed by atoms with Gasteiger partial charge in [0.1, 0.15) is 0 Å². The van der Waals surface area contributed by atoms with Gasteiger partial charge in [-0.15, -0.1) is 0 Å². The Hall–Kier alpha value is -2.09. The first-order chi connectivity index (χ1) is 8.36. The van der Waals surface area contributed by atoms with Crippen LogP contribution in [-0.4, -0.2) is 6.41 Å². The smallest absolute Gasteiger partial charge is 0.204 e. The molecule has 17 heavy (non-hydrogen) atoms. The molecule has 2 aromatic carbocycles. The molecule has 0 aliphatic heterocycles. The molecule has 0 heterocycles. The van der Waals surface area contributed by atoms with Crippen LogP contribution in [0.25, 0.3) is 0 Å². The molecule has 2 heteroatoms. The highest BCUT2D eigenvalue weighted by Crippen LogP contribution is 2.06. The van der Waals surface area contributed by atoms with Crippen LogP contribution in [-0.2, 0) is 17.6 Å². The molecule has 0 aliphatic carbocycles. The van der Waals surface area contributed by atoms with Gasteiger partial charge in [0.15, 0.2) is 0 Å². The summed E-state index contributed by atoms with van der Waals surface area (Å²) in [5, 5.41) is 0. The largest absolute Gasteiger partial charge is 0.372 e. The average molecular weight is 227 g/mol. The Morgan fingerprint density at radius 1 is 0.765 bits per heavy atom. The van der Waals surface area contributed by atoms with Crippen LogP contribution in [0.5, 0.6) is 0 Å². The van der Waals surface area contributed by atoms with Crippen molar-refractivity contribution in [1.82, 2.24) is 0 Å². The van der Waals surface area contributed by atoms with Gasteiger partial charge in [-0.3, -0.25) is 4.79 Å². The van der Waals surface area contributed by atoms with Crippen molar-refractivity contribution in [2.45, 2.75) is 12.8 Å². The fraction of sp³-hybridized carbons (Fsp3) is 0.133. The Kier molecular flexibility index (Phi) is 6.19. The highest BCUT2D eigenvalue weighted by molar-refractivity contribution is 5.42. The minimum absolute atomic E-state index is 0.250. The minimum atomic E-state index is 0.250. The van der Waals surface area contributed by atoms with Crippen LogP contribution in [0.2, 0.25) is 0 Å². The molecule has 0 saturated heterocycles. The molecule has 2 rings (SSSR count). The standard InChI is InChI=1S/C14H14.CH3NO/c1-3-7-13(8-4-1)11-12-14-9-5-2-6-10-14;2-1-3/h1-10H,11-12H2;1H,(H2,2,3). The molecule has 2 aromatic rings. The van der Waals surface area contributed by atoms with Crippen molar-refractivity contribution in [3.63, 3.8) is 0 Å². The van der Waals surface area contributed by atoms with Gasteiger partial charge in [-0.25, -0.2) is 0 Å². The van der Waals surface area contributed by atoms with E-state index in [1.165, 1.54) is 11.1 Å². The third-order valence-corrected chi connectivity index (χ3v) is 2.39. The van der Waals surface area contributed by atoms with E-state index in [1.807, 2.05) is 0 Å². The van der Waals surface area contributed by atoms with E-state index in [4.69, 9.17) is 4.79 Å². The lowest BCUT2D eigenvalue weighted by molar-refractivity contribution is -0.106. The predicted molar refractivity (Wildman–Crippen MR) is 70.5 cm³/mol. The SMILES string of the molecule is NC=O.c1ccc(CCc2ccccc2)cc1. The number of amides is 1. The van der Waals surface area contributed by atoms with Gasteiger partial charge in [0.05, 0.1) is 0 Å². The minimum Gasteiger partial charge on any atom is -0.372 e. The summed E-state index contributed by atoms with van der Waals surface area (Å²) in [5.41, 5.74) is 6.99. The predicted octanol–water partition coefficient (Wildman–Crippen LogP) is 2.57. The highest BCUT2D eigenvalue weighted by atomic mass is 16.1. The average Bonchev–Trinajstić information content (AvgIpc) is 2.40. The first-order valence-corrected chi connectivity index (χ1v) is 5.60. The monoisotopic (exact) mass is 227 g/mol. The van der Waals surface area contributed by atoms with Gasteiger partial charge in [0.25, 0.3) is 0 Å². The summed E-state index contributed by atoms with van der Waals surface area (Å²) in [7, 11) is 0. The number of benzene rings is 2. The Morgan fingerprint density at radius 3 is 1.35 bits per heavy atom. The summed E-state index contributed by atoms with van der Waals surface area (Å²) in [6, 6.07) is 21.2. The second kappa shape index (κ2) is 8.11. The Morgan fingerprint density at radius 2 is 1.06 bits per heavy atom. The van der Waals surface area contributed by atoms with Crippen molar-refractivity contribution in [3.8, 4) is 0 Å². The van der Waals surface area contributed by atoms with Crippen molar-refractivity contribution in [2.24, 2.45) is 5.73 Å². The van der Waals surface area contributed by atoms with Gasteiger partial charge >= 0.3 is 0 Å². The molecule has 2 N–H and O–H groups in total. The second-order valence-corrected chi connectivity index (χ2v) is 3.61. The van der Waals surface area contributed by atoms with Crippen LogP contribution in [0.4, 0.5) is 0 Å². The number of hydrogen-bond donors (Lipinski definition) is 1. The summed E-state index contributed by atoms with van der Waals surface area (Å²) in [6.45, 7) is 0. The highest BCUT2D eigenvalue weighted by Gasteiger charge is 1.93. The van der Waals surface area contributed by atoms with Crippen molar-refractivity contribution >= 4 is 6.41 Å². The van der Waals surface area contributed by atoms with E-state index in [1.54, 1.807) is 0 Å². The lowest BCUT2D eigenvalue weighted by Gasteiger charge is -2.01. The van der Waals surface area contributed by atoms with Crippen molar-refractivity contribution in [1.29, 1.82) is 0 Å². The third-order valence-electron chi connectivity index (χ3n) is 2.39. The van der Waals surface area contributed by atoms with E-state index < -0.39 is 0 Å². The molecule has 2 nitrogen and oxygen atoms in total. The first kappa shape index (κ1) is 13.0. The van der Waals surface area contributed by atoms with Gasteiger partial charge in [0.2, 0.25) is 6.41 Å². The molecule has 0 radical (unpaired) electrons. The number of carbonyl (C=O) groups is 1. The zero-order valence-electron chi connectivity index (χ0n) is 9.75. The molecule has 0 spiro atoms. The number of aryl methyl sites for hydroxylation is 2. The van der Waals surface area contributed by atoms with Gasteiger partial charge in [0, 0.05) is 0 Å². The molecular formula is C15H17NO. The molecule has 0 atom stereocenters. The molecule has 0 fully saturated rings.